The van der Waals surface area contributed by atoms with Crippen LogP contribution in [0.25, 0.3) is 22.2 Å². The second kappa shape index (κ2) is 5.92. The molecule has 0 fully saturated rings. The third kappa shape index (κ3) is 3.45. The van der Waals surface area contributed by atoms with Crippen LogP contribution in [0.5, 0.6) is 0 Å². The summed E-state index contributed by atoms with van der Waals surface area (Å²) in [7, 11) is 0. The van der Waals surface area contributed by atoms with Gasteiger partial charge in [-0.2, -0.15) is 0 Å². The highest BCUT2D eigenvalue weighted by Crippen LogP contribution is 2.31. The fourth-order valence-electron chi connectivity index (χ4n) is 2.76. The van der Waals surface area contributed by atoms with Crippen LogP contribution in [0.3, 0.4) is 0 Å². The second-order valence-electron chi connectivity index (χ2n) is 6.65. The number of carbonyl (C=O) groups excluding carboxylic acids is 1. The summed E-state index contributed by atoms with van der Waals surface area (Å²) < 4.78 is 5.50. The van der Waals surface area contributed by atoms with Crippen molar-refractivity contribution in [1.82, 2.24) is 4.98 Å². The van der Waals surface area contributed by atoms with E-state index in [1.54, 1.807) is 0 Å². The first-order valence-corrected chi connectivity index (χ1v) is 7.81. The Labute approximate surface area is 136 Å². The Morgan fingerprint density at radius 1 is 1.00 bits per heavy atom. The summed E-state index contributed by atoms with van der Waals surface area (Å²) in [6.07, 6.45) is 0.255. The molecule has 118 valence electrons. The first-order chi connectivity index (χ1) is 10.9. The normalized spacial score (nSPS) is 11.6. The highest BCUT2D eigenvalue weighted by molar-refractivity contribution is 5.94. The first kappa shape index (κ1) is 15.3. The second-order valence-corrected chi connectivity index (χ2v) is 6.65. The third-order valence-corrected chi connectivity index (χ3v) is 3.62. The monoisotopic (exact) mass is 307 g/mol. The topological polar surface area (TPSA) is 42.1 Å². The molecular weight excluding hydrogens is 286 g/mol. The molecule has 0 bridgehead atoms. The van der Waals surface area contributed by atoms with Crippen molar-refractivity contribution < 1.29 is 9.53 Å². The lowest BCUT2D eigenvalue weighted by Crippen LogP contribution is -2.25. The van der Waals surface area contributed by atoms with Crippen LogP contribution in [0, 0.1) is 0 Å². The van der Waals surface area contributed by atoms with Crippen molar-refractivity contribution in [3.63, 3.8) is 0 Å². The van der Waals surface area contributed by atoms with Crippen molar-refractivity contribution in [2.24, 2.45) is 0 Å². The number of aromatic nitrogens is 1. The van der Waals surface area contributed by atoms with Gasteiger partial charge in [0, 0.05) is 10.9 Å². The molecule has 0 atom stereocenters. The number of para-hydroxylation sites is 1. The van der Waals surface area contributed by atoms with Gasteiger partial charge in [0.1, 0.15) is 5.60 Å². The smallest absolute Gasteiger partial charge is 0.310 e. The summed E-state index contributed by atoms with van der Waals surface area (Å²) in [5, 5.41) is 1.07. The van der Waals surface area contributed by atoms with Crippen LogP contribution in [0.2, 0.25) is 0 Å². The van der Waals surface area contributed by atoms with Crippen molar-refractivity contribution in [2.45, 2.75) is 32.8 Å². The zero-order valence-electron chi connectivity index (χ0n) is 13.7. The molecule has 0 amide bonds. The zero-order chi connectivity index (χ0) is 16.4. The average Bonchev–Trinajstić information content (AvgIpc) is 2.85. The fourth-order valence-corrected chi connectivity index (χ4v) is 2.76. The van der Waals surface area contributed by atoms with Gasteiger partial charge in [0.15, 0.2) is 0 Å². The van der Waals surface area contributed by atoms with Crippen LogP contribution in [-0.4, -0.2) is 16.6 Å². The van der Waals surface area contributed by atoms with Gasteiger partial charge >= 0.3 is 5.97 Å². The molecule has 2 aromatic carbocycles. The SMILES string of the molecule is CC(C)(C)OC(=O)Cc1c(-c2ccccc2)[nH]c2ccccc12. The molecule has 0 aliphatic heterocycles. The number of carbonyl (C=O) groups is 1. The Morgan fingerprint density at radius 2 is 1.65 bits per heavy atom. The molecule has 0 saturated carbocycles. The number of rotatable bonds is 3. The molecule has 3 nitrogen and oxygen atoms in total. The van der Waals surface area contributed by atoms with Crippen LogP contribution in [-0.2, 0) is 16.0 Å². The molecule has 1 aromatic heterocycles. The summed E-state index contributed by atoms with van der Waals surface area (Å²) >= 11 is 0. The number of aromatic amines is 1. The van der Waals surface area contributed by atoms with Gasteiger partial charge in [-0.3, -0.25) is 4.79 Å². The predicted octanol–water partition coefficient (Wildman–Crippen LogP) is 4.72. The molecule has 3 rings (SSSR count). The average molecular weight is 307 g/mol. The molecule has 0 spiro atoms. The van der Waals surface area contributed by atoms with Gasteiger partial charge in [-0.05, 0) is 38.0 Å². The number of H-pyrrole nitrogens is 1. The van der Waals surface area contributed by atoms with E-state index in [4.69, 9.17) is 4.74 Å². The number of hydrogen-bond donors (Lipinski definition) is 1. The summed E-state index contributed by atoms with van der Waals surface area (Å²) in [5.41, 5.74) is 3.60. The van der Waals surface area contributed by atoms with Gasteiger partial charge in [0.05, 0.1) is 12.1 Å². The van der Waals surface area contributed by atoms with Crippen LogP contribution in [0.1, 0.15) is 26.3 Å². The maximum atomic E-state index is 12.3. The van der Waals surface area contributed by atoms with Crippen LogP contribution >= 0.6 is 0 Å². The maximum absolute atomic E-state index is 12.3. The van der Waals surface area contributed by atoms with Gasteiger partial charge in [-0.25, -0.2) is 0 Å². The molecule has 0 aliphatic rings. The largest absolute Gasteiger partial charge is 0.460 e. The number of benzene rings is 2. The number of ether oxygens (including phenoxy) is 1. The Morgan fingerprint density at radius 3 is 2.35 bits per heavy atom. The lowest BCUT2D eigenvalue weighted by atomic mass is 10.0. The van der Waals surface area contributed by atoms with E-state index >= 15 is 0 Å². The minimum Gasteiger partial charge on any atom is -0.460 e. The molecule has 23 heavy (non-hydrogen) atoms. The van der Waals surface area contributed by atoms with Gasteiger partial charge < -0.3 is 9.72 Å². The molecule has 1 heterocycles. The lowest BCUT2D eigenvalue weighted by Gasteiger charge is -2.19. The summed E-state index contributed by atoms with van der Waals surface area (Å²) in [6, 6.07) is 18.1. The lowest BCUT2D eigenvalue weighted by molar-refractivity contribution is -0.153. The molecule has 3 aromatic rings. The summed E-state index contributed by atoms with van der Waals surface area (Å²) in [4.78, 5) is 15.8. The molecule has 0 unspecified atom stereocenters. The van der Waals surface area contributed by atoms with E-state index in [2.05, 4.69) is 4.98 Å². The van der Waals surface area contributed by atoms with Crippen molar-refractivity contribution in [1.29, 1.82) is 0 Å². The predicted molar refractivity (Wildman–Crippen MR) is 93.3 cm³/mol. The molecule has 1 N–H and O–H groups in total. The third-order valence-electron chi connectivity index (χ3n) is 3.62. The number of nitrogens with one attached hydrogen (secondary N) is 1. The highest BCUT2D eigenvalue weighted by Gasteiger charge is 2.20. The van der Waals surface area contributed by atoms with E-state index in [1.165, 1.54) is 0 Å². The van der Waals surface area contributed by atoms with Crippen molar-refractivity contribution >= 4 is 16.9 Å². The van der Waals surface area contributed by atoms with E-state index in [0.29, 0.717) is 0 Å². The number of fused-ring (bicyclic) bond motifs is 1. The number of hydrogen-bond acceptors (Lipinski definition) is 2. The Hall–Kier alpha value is -2.55. The van der Waals surface area contributed by atoms with E-state index in [1.807, 2.05) is 75.4 Å². The fraction of sp³-hybridized carbons (Fsp3) is 0.250. The van der Waals surface area contributed by atoms with Gasteiger partial charge in [-0.15, -0.1) is 0 Å². The van der Waals surface area contributed by atoms with Crippen molar-refractivity contribution in [3.8, 4) is 11.3 Å². The highest BCUT2D eigenvalue weighted by atomic mass is 16.6. The van der Waals surface area contributed by atoms with Crippen LogP contribution in [0.15, 0.2) is 54.6 Å². The van der Waals surface area contributed by atoms with E-state index in [0.717, 1.165) is 27.7 Å². The van der Waals surface area contributed by atoms with E-state index in [-0.39, 0.29) is 12.4 Å². The minimum atomic E-state index is -0.476. The van der Waals surface area contributed by atoms with Gasteiger partial charge in [-0.1, -0.05) is 48.5 Å². The van der Waals surface area contributed by atoms with Crippen molar-refractivity contribution in [2.75, 3.05) is 0 Å². The molecule has 3 heteroatoms. The molecular formula is C20H21NO2. The molecule has 0 aliphatic carbocycles. The quantitative estimate of drug-likeness (QED) is 0.711. The number of esters is 1. The van der Waals surface area contributed by atoms with E-state index in [9.17, 15) is 4.79 Å². The Bertz CT molecular complexity index is 826. The first-order valence-electron chi connectivity index (χ1n) is 7.81. The molecule has 0 radical (unpaired) electrons. The van der Waals surface area contributed by atoms with E-state index < -0.39 is 5.60 Å². The zero-order valence-corrected chi connectivity index (χ0v) is 13.7. The van der Waals surface area contributed by atoms with Gasteiger partial charge in [0.25, 0.3) is 0 Å². The summed E-state index contributed by atoms with van der Waals surface area (Å²) in [5.74, 6) is -0.209. The Balaban J connectivity index is 2.05. The minimum absolute atomic E-state index is 0.209. The summed E-state index contributed by atoms with van der Waals surface area (Å²) in [6.45, 7) is 5.66. The Kier molecular flexibility index (Phi) is 3.95. The van der Waals surface area contributed by atoms with Crippen LogP contribution in [0.4, 0.5) is 0 Å². The van der Waals surface area contributed by atoms with Gasteiger partial charge in [0.2, 0.25) is 0 Å². The standard InChI is InChI=1S/C20H21NO2/c1-20(2,3)23-18(22)13-16-15-11-7-8-12-17(15)21-19(16)14-9-5-4-6-10-14/h4-12,21H,13H2,1-3H3. The molecule has 0 saturated heterocycles. The van der Waals surface area contributed by atoms with Crippen molar-refractivity contribution in [3.05, 3.63) is 60.2 Å². The maximum Gasteiger partial charge on any atom is 0.310 e. The van der Waals surface area contributed by atoms with Crippen LogP contribution < -0.4 is 0 Å².